The summed E-state index contributed by atoms with van der Waals surface area (Å²) in [5, 5.41) is 4.15. The highest BCUT2D eigenvalue weighted by atomic mass is 79.9. The lowest BCUT2D eigenvalue weighted by molar-refractivity contribution is 0.206. The van der Waals surface area contributed by atoms with Gasteiger partial charge in [-0.05, 0) is 72.9 Å². The Hall–Kier alpha value is -0.250. The molecule has 108 valence electrons. The summed E-state index contributed by atoms with van der Waals surface area (Å²) < 4.78 is 6.80. The molecule has 0 aromatic heterocycles. The van der Waals surface area contributed by atoms with Gasteiger partial charge in [0.25, 0.3) is 0 Å². The molecule has 1 atom stereocenters. The van der Waals surface area contributed by atoms with E-state index in [1.165, 1.54) is 0 Å². The molecular formula is C15H23BrClNO. The fourth-order valence-corrected chi connectivity index (χ4v) is 2.53. The van der Waals surface area contributed by atoms with Gasteiger partial charge in [0.05, 0.1) is 10.6 Å². The number of rotatable bonds is 8. The van der Waals surface area contributed by atoms with Crippen molar-refractivity contribution in [1.29, 1.82) is 0 Å². The maximum absolute atomic E-state index is 5.90. The lowest BCUT2D eigenvalue weighted by Crippen LogP contribution is -2.22. The molecule has 1 unspecified atom stereocenters. The fourth-order valence-electron chi connectivity index (χ4n) is 1.75. The third-order valence-electron chi connectivity index (χ3n) is 2.74. The third-order valence-corrected chi connectivity index (χ3v) is 3.59. The van der Waals surface area contributed by atoms with Crippen molar-refractivity contribution in [3.05, 3.63) is 27.7 Å². The molecule has 0 heterocycles. The first-order chi connectivity index (χ1) is 8.99. The van der Waals surface area contributed by atoms with Crippen molar-refractivity contribution in [2.45, 2.75) is 39.7 Å². The summed E-state index contributed by atoms with van der Waals surface area (Å²) in [7, 11) is 0. The molecule has 1 N–H and O–H groups in total. The highest BCUT2D eigenvalue weighted by Gasteiger charge is 2.07. The van der Waals surface area contributed by atoms with Crippen LogP contribution in [0.1, 0.15) is 33.6 Å². The average molecular weight is 349 g/mol. The highest BCUT2D eigenvalue weighted by molar-refractivity contribution is 9.10. The van der Waals surface area contributed by atoms with E-state index >= 15 is 0 Å². The van der Waals surface area contributed by atoms with Gasteiger partial charge in [-0.3, -0.25) is 0 Å². The van der Waals surface area contributed by atoms with Gasteiger partial charge in [0.15, 0.2) is 0 Å². The Bertz CT molecular complexity index is 384. The predicted octanol–water partition coefficient (Wildman–Crippen LogP) is 4.90. The van der Waals surface area contributed by atoms with Gasteiger partial charge in [-0.15, -0.1) is 0 Å². The third kappa shape index (κ3) is 7.19. The molecule has 1 aromatic rings. The van der Waals surface area contributed by atoms with Gasteiger partial charge < -0.3 is 10.1 Å². The van der Waals surface area contributed by atoms with E-state index in [-0.39, 0.29) is 6.10 Å². The highest BCUT2D eigenvalue weighted by Crippen LogP contribution is 2.29. The van der Waals surface area contributed by atoms with Crippen molar-refractivity contribution in [3.63, 3.8) is 0 Å². The van der Waals surface area contributed by atoms with E-state index < -0.39 is 0 Å². The Morgan fingerprint density at radius 1 is 1.32 bits per heavy atom. The monoisotopic (exact) mass is 347 g/mol. The van der Waals surface area contributed by atoms with Crippen LogP contribution in [0.2, 0.25) is 5.02 Å². The lowest BCUT2D eigenvalue weighted by Gasteiger charge is -2.16. The quantitative estimate of drug-likeness (QED) is 0.675. The first kappa shape index (κ1) is 16.8. The largest absolute Gasteiger partial charge is 0.490 e. The van der Waals surface area contributed by atoms with Crippen LogP contribution in [0.3, 0.4) is 0 Å². The van der Waals surface area contributed by atoms with E-state index in [4.69, 9.17) is 16.3 Å². The van der Waals surface area contributed by atoms with E-state index in [2.05, 4.69) is 42.0 Å². The summed E-state index contributed by atoms with van der Waals surface area (Å²) in [6.45, 7) is 8.67. The number of benzene rings is 1. The molecule has 0 saturated carbocycles. The Kier molecular flexibility index (Phi) is 7.81. The van der Waals surface area contributed by atoms with Crippen molar-refractivity contribution in [3.8, 4) is 5.75 Å². The van der Waals surface area contributed by atoms with Gasteiger partial charge >= 0.3 is 0 Å². The van der Waals surface area contributed by atoms with Crippen LogP contribution in [0.15, 0.2) is 22.7 Å². The maximum atomic E-state index is 5.90. The van der Waals surface area contributed by atoms with Gasteiger partial charge in [0, 0.05) is 5.02 Å². The normalized spacial score (nSPS) is 12.7. The molecule has 4 heteroatoms. The minimum absolute atomic E-state index is 0.207. The summed E-state index contributed by atoms with van der Waals surface area (Å²) in [4.78, 5) is 0. The van der Waals surface area contributed by atoms with Crippen LogP contribution in [0, 0.1) is 5.92 Å². The Morgan fingerprint density at radius 2 is 2.05 bits per heavy atom. The molecule has 0 spiro atoms. The summed E-state index contributed by atoms with van der Waals surface area (Å²) >= 11 is 9.37. The van der Waals surface area contributed by atoms with Crippen LogP contribution < -0.4 is 10.1 Å². The molecular weight excluding hydrogens is 326 g/mol. The molecule has 0 saturated heterocycles. The number of hydrogen-bond acceptors (Lipinski definition) is 2. The van der Waals surface area contributed by atoms with E-state index in [0.717, 1.165) is 36.2 Å². The molecule has 2 nitrogen and oxygen atoms in total. The van der Waals surface area contributed by atoms with Gasteiger partial charge in [0.2, 0.25) is 0 Å². The molecule has 0 bridgehead atoms. The van der Waals surface area contributed by atoms with Crippen LogP contribution in [-0.2, 0) is 0 Å². The van der Waals surface area contributed by atoms with Crippen molar-refractivity contribution >= 4 is 27.5 Å². The van der Waals surface area contributed by atoms with Crippen molar-refractivity contribution in [1.82, 2.24) is 5.32 Å². The lowest BCUT2D eigenvalue weighted by atomic mass is 10.2. The first-order valence-electron chi connectivity index (χ1n) is 6.81. The van der Waals surface area contributed by atoms with E-state index in [9.17, 15) is 0 Å². The molecule has 1 aromatic carbocycles. The van der Waals surface area contributed by atoms with E-state index in [1.807, 2.05) is 18.2 Å². The van der Waals surface area contributed by atoms with Crippen LogP contribution in [0.4, 0.5) is 0 Å². The summed E-state index contributed by atoms with van der Waals surface area (Å²) in [5.74, 6) is 1.56. The first-order valence-corrected chi connectivity index (χ1v) is 7.98. The summed E-state index contributed by atoms with van der Waals surface area (Å²) in [6, 6.07) is 5.60. The predicted molar refractivity (Wildman–Crippen MR) is 86.2 cm³/mol. The second kappa shape index (κ2) is 8.83. The molecule has 0 aliphatic rings. The Labute approximate surface area is 130 Å². The zero-order valence-corrected chi connectivity index (χ0v) is 14.2. The topological polar surface area (TPSA) is 21.3 Å². The number of nitrogens with one attached hydrogen (secondary N) is 1. The fraction of sp³-hybridized carbons (Fsp3) is 0.600. The van der Waals surface area contributed by atoms with Gasteiger partial charge in [-0.1, -0.05) is 25.4 Å². The van der Waals surface area contributed by atoms with E-state index in [0.29, 0.717) is 10.9 Å². The molecule has 0 fully saturated rings. The minimum atomic E-state index is 0.207. The number of halogens is 2. The van der Waals surface area contributed by atoms with Gasteiger partial charge in [0.1, 0.15) is 5.75 Å². The second-order valence-corrected chi connectivity index (χ2v) is 6.53. The maximum Gasteiger partial charge on any atom is 0.133 e. The Morgan fingerprint density at radius 3 is 2.68 bits per heavy atom. The van der Waals surface area contributed by atoms with Crippen molar-refractivity contribution in [2.24, 2.45) is 5.92 Å². The molecule has 0 radical (unpaired) electrons. The van der Waals surface area contributed by atoms with Gasteiger partial charge in [-0.2, -0.15) is 0 Å². The Balaban J connectivity index is 2.25. The van der Waals surface area contributed by atoms with Gasteiger partial charge in [-0.25, -0.2) is 0 Å². The standard InChI is InChI=1S/C15H23BrClNO/c1-11(2)10-18-8-4-5-12(3)19-15-7-6-13(17)9-14(15)16/h6-7,9,11-12,18H,4-5,8,10H2,1-3H3. The minimum Gasteiger partial charge on any atom is -0.490 e. The van der Waals surface area contributed by atoms with E-state index in [1.54, 1.807) is 0 Å². The smallest absolute Gasteiger partial charge is 0.133 e. The van der Waals surface area contributed by atoms with Crippen LogP contribution >= 0.6 is 27.5 Å². The second-order valence-electron chi connectivity index (χ2n) is 5.24. The van der Waals surface area contributed by atoms with Crippen LogP contribution in [-0.4, -0.2) is 19.2 Å². The van der Waals surface area contributed by atoms with Crippen molar-refractivity contribution < 1.29 is 4.74 Å². The molecule has 0 amide bonds. The average Bonchev–Trinajstić information content (AvgIpc) is 2.32. The zero-order chi connectivity index (χ0) is 14.3. The molecule has 1 rings (SSSR count). The number of hydrogen-bond donors (Lipinski definition) is 1. The van der Waals surface area contributed by atoms with Crippen LogP contribution in [0.25, 0.3) is 0 Å². The summed E-state index contributed by atoms with van der Waals surface area (Å²) in [5.41, 5.74) is 0. The number of ether oxygens (including phenoxy) is 1. The SMILES string of the molecule is CC(C)CNCCCC(C)Oc1ccc(Cl)cc1Br. The zero-order valence-electron chi connectivity index (χ0n) is 11.9. The van der Waals surface area contributed by atoms with Crippen molar-refractivity contribution in [2.75, 3.05) is 13.1 Å². The summed E-state index contributed by atoms with van der Waals surface area (Å²) in [6.07, 6.45) is 2.37. The van der Waals surface area contributed by atoms with Crippen LogP contribution in [0.5, 0.6) is 5.75 Å². The molecule has 19 heavy (non-hydrogen) atoms. The molecule has 0 aliphatic carbocycles. The molecule has 0 aliphatic heterocycles.